The van der Waals surface area contributed by atoms with Gasteiger partial charge in [-0.15, -0.1) is 0 Å². The van der Waals surface area contributed by atoms with Gasteiger partial charge in [-0.3, -0.25) is 0 Å². The average molecular weight is 474 g/mol. The van der Waals surface area contributed by atoms with Gasteiger partial charge in [0.15, 0.2) is 0 Å². The Kier molecular flexibility index (Phi) is 5.58. The van der Waals surface area contributed by atoms with Crippen molar-refractivity contribution in [3.63, 3.8) is 0 Å². The van der Waals surface area contributed by atoms with E-state index in [9.17, 15) is 0 Å². The van der Waals surface area contributed by atoms with Gasteiger partial charge in [-0.25, -0.2) is 0 Å². The van der Waals surface area contributed by atoms with Gasteiger partial charge in [0.25, 0.3) is 0 Å². The molecule has 154 valence electrons. The summed E-state index contributed by atoms with van der Waals surface area (Å²) in [6.45, 7) is 12.8. The monoisotopic (exact) mass is 472 g/mol. The summed E-state index contributed by atoms with van der Waals surface area (Å²) in [6, 6.07) is 0. The molecule has 0 aliphatic heterocycles. The van der Waals surface area contributed by atoms with E-state index in [2.05, 4.69) is 80.3 Å². The molecule has 0 aromatic carbocycles. The molecule has 28 heavy (non-hydrogen) atoms. The summed E-state index contributed by atoms with van der Waals surface area (Å²) in [4.78, 5) is 0. The van der Waals surface area contributed by atoms with Crippen molar-refractivity contribution in [2.24, 2.45) is 35.5 Å². The molecular weight excluding hydrogens is 432 g/mol. The van der Waals surface area contributed by atoms with Crippen LogP contribution in [0.2, 0.25) is 16.5 Å². The zero-order valence-electron chi connectivity index (χ0n) is 19.1. The van der Waals surface area contributed by atoms with Crippen LogP contribution in [0.25, 0.3) is 0 Å². The molecule has 0 saturated heterocycles. The molecule has 0 nitrogen and oxygen atoms in total. The van der Waals surface area contributed by atoms with Crippen molar-refractivity contribution in [2.75, 3.05) is 0 Å². The molecule has 0 heterocycles. The third-order valence-corrected chi connectivity index (χ3v) is 28.9. The number of hydrogen-bond acceptors (Lipinski definition) is 0. The van der Waals surface area contributed by atoms with Crippen LogP contribution in [0.1, 0.15) is 53.4 Å². The van der Waals surface area contributed by atoms with Crippen LogP contribution in [0.3, 0.4) is 0 Å². The van der Waals surface area contributed by atoms with E-state index >= 15 is 0 Å². The van der Waals surface area contributed by atoms with E-state index in [0.717, 1.165) is 42.8 Å². The maximum atomic E-state index is 2.85. The van der Waals surface area contributed by atoms with Crippen molar-refractivity contribution in [1.29, 1.82) is 0 Å². The summed E-state index contributed by atoms with van der Waals surface area (Å²) in [5, 5.41) is 0. The zero-order chi connectivity index (χ0) is 20.3. The summed E-state index contributed by atoms with van der Waals surface area (Å²) >= 11 is -3.08. The van der Waals surface area contributed by atoms with Crippen LogP contribution in [-0.2, 0) is 17.4 Å². The summed E-state index contributed by atoms with van der Waals surface area (Å²) in [5.41, 5.74) is 3.74. The predicted octanol–water partition coefficient (Wildman–Crippen LogP) is 7.25. The Balaban J connectivity index is 1.80. The van der Waals surface area contributed by atoms with Crippen LogP contribution in [0, 0.1) is 35.5 Å². The molecule has 0 amide bonds. The molecule has 4 aliphatic carbocycles. The fourth-order valence-corrected chi connectivity index (χ4v) is 33.7. The third-order valence-electron chi connectivity index (χ3n) is 9.25. The maximum absolute atomic E-state index is 3.08. The molecule has 0 N–H and O–H groups in total. The van der Waals surface area contributed by atoms with Gasteiger partial charge in [0.2, 0.25) is 0 Å². The Morgan fingerprint density at radius 1 is 0.714 bits per heavy atom. The van der Waals surface area contributed by atoms with Gasteiger partial charge in [-0.2, -0.15) is 0 Å². The first kappa shape index (κ1) is 21.3. The first-order valence-electron chi connectivity index (χ1n) is 11.9. The van der Waals surface area contributed by atoms with Gasteiger partial charge < -0.3 is 0 Å². The van der Waals surface area contributed by atoms with Gasteiger partial charge in [-0.05, 0) is 0 Å². The van der Waals surface area contributed by atoms with Crippen molar-refractivity contribution in [1.82, 2.24) is 0 Å². The van der Waals surface area contributed by atoms with Crippen LogP contribution in [0.4, 0.5) is 0 Å². The molecule has 8 unspecified atom stereocenters. The molecule has 4 rings (SSSR count). The van der Waals surface area contributed by atoms with Crippen molar-refractivity contribution in [2.45, 2.75) is 69.9 Å². The van der Waals surface area contributed by atoms with Gasteiger partial charge in [0.1, 0.15) is 0 Å². The van der Waals surface area contributed by atoms with Crippen LogP contribution < -0.4 is 0 Å². The van der Waals surface area contributed by atoms with Crippen molar-refractivity contribution in [3.8, 4) is 0 Å². The summed E-state index contributed by atoms with van der Waals surface area (Å²) in [5.74, 6) is 5.05. The molecule has 0 aromatic heterocycles. The molecule has 0 bridgehead atoms. The standard InChI is InChI=1S/2C12H17.2CH3.H2Si.Zr/c2*1-9-7-11-6-4-3-5-10(2)12(11)8-9;;;;/h2*3-4,6-7,9-10,12H,5,8H2,1-2H3;2*1H3;1H2;. The molecular formula is C26H42SiZr. The van der Waals surface area contributed by atoms with Crippen molar-refractivity contribution >= 4 is 6.88 Å². The van der Waals surface area contributed by atoms with Crippen molar-refractivity contribution < 1.29 is 17.4 Å². The first-order valence-corrected chi connectivity index (χ1v) is 25.6. The Labute approximate surface area is 176 Å². The summed E-state index contributed by atoms with van der Waals surface area (Å²) < 4.78 is 7.49. The van der Waals surface area contributed by atoms with Crippen LogP contribution in [0.15, 0.2) is 47.6 Å². The van der Waals surface area contributed by atoms with Crippen LogP contribution in [0.5, 0.6) is 0 Å². The average Bonchev–Trinajstić information content (AvgIpc) is 3.01. The Bertz CT molecular complexity index is 757. The third kappa shape index (κ3) is 3.33. The van der Waals surface area contributed by atoms with Crippen molar-refractivity contribution in [3.05, 3.63) is 47.6 Å². The SMILES string of the molecule is CC1CC=CC=C2C1CC(C)[CH]2[Zr]([CH3])([CH3])(=[SiH2])[CH]1C2=CC=CCC(C)C2CC1C. The van der Waals surface area contributed by atoms with Gasteiger partial charge in [-0.1, -0.05) is 0 Å². The zero-order valence-corrected chi connectivity index (χ0v) is 23.0. The van der Waals surface area contributed by atoms with Crippen LogP contribution >= 0.6 is 0 Å². The quantitative estimate of drug-likeness (QED) is 0.370. The number of allylic oxidation sites excluding steroid dienone is 8. The Morgan fingerprint density at radius 3 is 1.50 bits per heavy atom. The van der Waals surface area contributed by atoms with E-state index in [1.54, 1.807) is 0 Å². The minimum atomic E-state index is -3.08. The van der Waals surface area contributed by atoms with Gasteiger partial charge in [0, 0.05) is 0 Å². The molecule has 2 fully saturated rings. The number of rotatable bonds is 2. The molecule has 0 spiro atoms. The number of hydrogen-bond donors (Lipinski definition) is 0. The van der Waals surface area contributed by atoms with E-state index < -0.39 is 17.4 Å². The van der Waals surface area contributed by atoms with Gasteiger partial charge >= 0.3 is 177 Å². The molecule has 8 atom stereocenters. The second-order valence-corrected chi connectivity index (χ2v) is 42.8. The minimum absolute atomic E-state index is 0.820. The molecule has 0 aromatic rings. The fraction of sp³-hybridized carbons (Fsp3) is 0.692. The predicted molar refractivity (Wildman–Crippen MR) is 124 cm³/mol. The second-order valence-electron chi connectivity index (χ2n) is 12.1. The molecule has 2 saturated carbocycles. The number of fused-ring (bicyclic) bond motifs is 2. The Hall–Kier alpha value is 0.0600. The molecule has 2 heteroatoms. The topological polar surface area (TPSA) is 0 Å². The van der Waals surface area contributed by atoms with Gasteiger partial charge in [0.05, 0.1) is 0 Å². The second kappa shape index (κ2) is 7.33. The summed E-state index contributed by atoms with van der Waals surface area (Å²) in [7, 11) is 0. The van der Waals surface area contributed by atoms with E-state index in [4.69, 9.17) is 0 Å². The summed E-state index contributed by atoms with van der Waals surface area (Å²) in [6.07, 6.45) is 20.2. The van der Waals surface area contributed by atoms with E-state index in [1.165, 1.54) is 25.7 Å². The normalized spacial score (nSPS) is 43.7. The van der Waals surface area contributed by atoms with E-state index in [0.29, 0.717) is 0 Å². The van der Waals surface area contributed by atoms with Crippen LogP contribution in [-0.4, -0.2) is 6.88 Å². The fourth-order valence-electron chi connectivity index (χ4n) is 8.47. The molecule has 0 radical (unpaired) electrons. The molecule has 4 aliphatic rings. The first-order chi connectivity index (χ1) is 13.1. The Morgan fingerprint density at radius 2 is 1.11 bits per heavy atom. The van der Waals surface area contributed by atoms with E-state index in [1.807, 2.05) is 11.1 Å². The van der Waals surface area contributed by atoms with E-state index in [-0.39, 0.29) is 0 Å².